The Balaban J connectivity index is 3.10. The molecule has 0 fully saturated rings. The van der Waals surface area contributed by atoms with E-state index in [4.69, 9.17) is 0 Å². The van der Waals surface area contributed by atoms with Crippen molar-refractivity contribution in [3.63, 3.8) is 0 Å². The number of hydrogen-bond donors (Lipinski definition) is 0. The zero-order valence-electron chi connectivity index (χ0n) is 6.85. The van der Waals surface area contributed by atoms with E-state index in [1.54, 1.807) is 18.2 Å². The van der Waals surface area contributed by atoms with Crippen LogP contribution in [0, 0.1) is 0 Å². The summed E-state index contributed by atoms with van der Waals surface area (Å²) in [6.07, 6.45) is 1.55. The van der Waals surface area contributed by atoms with Crippen molar-refractivity contribution >= 4 is 6.08 Å². The van der Waals surface area contributed by atoms with Crippen molar-refractivity contribution in [1.29, 1.82) is 0 Å². The molecule has 0 aliphatic heterocycles. The van der Waals surface area contributed by atoms with E-state index in [1.165, 1.54) is 12.1 Å². The molecule has 2 heteroatoms. The molecule has 0 atom stereocenters. The van der Waals surface area contributed by atoms with Crippen LogP contribution in [-0.4, -0.2) is 0 Å². The smallest absolute Gasteiger partial charge is 0.202 e. The number of hydrogen-bond acceptors (Lipinski definition) is 0. The van der Waals surface area contributed by atoms with Crippen molar-refractivity contribution in [3.8, 4) is 0 Å². The van der Waals surface area contributed by atoms with Crippen LogP contribution in [-0.2, 0) is 5.92 Å². The lowest BCUT2D eigenvalue weighted by atomic mass is 10.1. The molecule has 0 unspecified atom stereocenters. The number of alkyl halides is 2. The summed E-state index contributed by atoms with van der Waals surface area (Å²) in [5.41, 5.74) is 0.744. The highest BCUT2D eigenvalue weighted by molar-refractivity contribution is 5.48. The van der Waals surface area contributed by atoms with Crippen molar-refractivity contribution in [2.24, 2.45) is 0 Å². The molecular formula is C10H10F2. The van der Waals surface area contributed by atoms with Gasteiger partial charge in [0.1, 0.15) is 0 Å². The van der Waals surface area contributed by atoms with Gasteiger partial charge in [-0.2, -0.15) is 0 Å². The molecule has 0 radical (unpaired) electrons. The highest BCUT2D eigenvalue weighted by Gasteiger charge is 2.23. The second kappa shape index (κ2) is 3.05. The molecule has 12 heavy (non-hydrogen) atoms. The van der Waals surface area contributed by atoms with Gasteiger partial charge in [-0.1, -0.05) is 30.9 Å². The predicted molar refractivity (Wildman–Crippen MR) is 46.1 cm³/mol. The standard InChI is InChI=1S/C10H10F2/c1-3-8-5-4-6-9(7-8)10(2,11)12/h3-7H,1H2,2H3. The molecule has 1 aromatic rings. The Morgan fingerprint density at radius 1 is 1.42 bits per heavy atom. The Bertz CT molecular complexity index is 284. The van der Waals surface area contributed by atoms with Crippen molar-refractivity contribution in [2.75, 3.05) is 0 Å². The normalized spacial score (nSPS) is 11.2. The molecule has 0 bridgehead atoms. The average molecular weight is 168 g/mol. The first-order chi connectivity index (χ1) is 5.54. The van der Waals surface area contributed by atoms with Crippen LogP contribution < -0.4 is 0 Å². The molecule has 0 saturated heterocycles. The second-order valence-corrected chi connectivity index (χ2v) is 2.72. The van der Waals surface area contributed by atoms with Crippen LogP contribution in [0.5, 0.6) is 0 Å². The van der Waals surface area contributed by atoms with E-state index < -0.39 is 5.92 Å². The van der Waals surface area contributed by atoms with Gasteiger partial charge >= 0.3 is 0 Å². The SMILES string of the molecule is C=Cc1cccc(C(C)(F)F)c1. The van der Waals surface area contributed by atoms with E-state index in [0.29, 0.717) is 5.56 Å². The molecule has 0 aliphatic carbocycles. The summed E-state index contributed by atoms with van der Waals surface area (Å²) in [6, 6.07) is 6.19. The van der Waals surface area contributed by atoms with Crippen LogP contribution in [0.25, 0.3) is 6.08 Å². The van der Waals surface area contributed by atoms with Crippen LogP contribution in [0.15, 0.2) is 30.8 Å². The highest BCUT2D eigenvalue weighted by atomic mass is 19.3. The van der Waals surface area contributed by atoms with Gasteiger partial charge in [0.2, 0.25) is 0 Å². The molecule has 0 aliphatic rings. The minimum Gasteiger partial charge on any atom is -0.202 e. The second-order valence-electron chi connectivity index (χ2n) is 2.72. The van der Waals surface area contributed by atoms with Crippen LogP contribution in [0.1, 0.15) is 18.1 Å². The van der Waals surface area contributed by atoms with E-state index in [0.717, 1.165) is 6.92 Å². The largest absolute Gasteiger partial charge is 0.270 e. The molecule has 0 N–H and O–H groups in total. The summed E-state index contributed by atoms with van der Waals surface area (Å²) in [7, 11) is 0. The summed E-state index contributed by atoms with van der Waals surface area (Å²) >= 11 is 0. The average Bonchev–Trinajstić information content (AvgIpc) is 2.03. The Hall–Kier alpha value is -1.18. The van der Waals surface area contributed by atoms with Crippen LogP contribution in [0.3, 0.4) is 0 Å². The Morgan fingerprint density at radius 3 is 2.58 bits per heavy atom. The Labute approximate surface area is 70.5 Å². The number of halogens is 2. The van der Waals surface area contributed by atoms with E-state index in [9.17, 15) is 8.78 Å². The van der Waals surface area contributed by atoms with E-state index in [1.807, 2.05) is 0 Å². The molecular weight excluding hydrogens is 158 g/mol. The van der Waals surface area contributed by atoms with Gasteiger partial charge in [0.05, 0.1) is 0 Å². The number of benzene rings is 1. The van der Waals surface area contributed by atoms with E-state index in [2.05, 4.69) is 6.58 Å². The monoisotopic (exact) mass is 168 g/mol. The van der Waals surface area contributed by atoms with Gasteiger partial charge in [-0.15, -0.1) is 0 Å². The first kappa shape index (κ1) is 8.91. The quantitative estimate of drug-likeness (QED) is 0.634. The molecule has 0 saturated carbocycles. The van der Waals surface area contributed by atoms with Gasteiger partial charge in [-0.25, -0.2) is 8.78 Å². The zero-order chi connectivity index (χ0) is 9.19. The van der Waals surface area contributed by atoms with Crippen molar-refractivity contribution in [1.82, 2.24) is 0 Å². The van der Waals surface area contributed by atoms with Crippen molar-refractivity contribution in [2.45, 2.75) is 12.8 Å². The lowest BCUT2D eigenvalue weighted by Crippen LogP contribution is -2.06. The molecule has 0 spiro atoms. The fourth-order valence-electron chi connectivity index (χ4n) is 0.939. The zero-order valence-corrected chi connectivity index (χ0v) is 6.85. The molecule has 1 aromatic carbocycles. The molecule has 64 valence electrons. The minimum atomic E-state index is -2.76. The topological polar surface area (TPSA) is 0 Å². The lowest BCUT2D eigenvalue weighted by Gasteiger charge is -2.10. The molecule has 1 rings (SSSR count). The van der Waals surface area contributed by atoms with Gasteiger partial charge < -0.3 is 0 Å². The maximum atomic E-state index is 12.7. The van der Waals surface area contributed by atoms with Gasteiger partial charge in [-0.3, -0.25) is 0 Å². The summed E-state index contributed by atoms with van der Waals surface area (Å²) in [4.78, 5) is 0. The maximum absolute atomic E-state index is 12.7. The molecule has 0 aromatic heterocycles. The maximum Gasteiger partial charge on any atom is 0.270 e. The Kier molecular flexibility index (Phi) is 2.27. The van der Waals surface area contributed by atoms with E-state index in [-0.39, 0.29) is 5.56 Å². The minimum absolute atomic E-state index is 0.0277. The molecule has 0 heterocycles. The summed E-state index contributed by atoms with van der Waals surface area (Å²) < 4.78 is 25.5. The fourth-order valence-corrected chi connectivity index (χ4v) is 0.939. The first-order valence-electron chi connectivity index (χ1n) is 3.65. The van der Waals surface area contributed by atoms with Gasteiger partial charge in [0, 0.05) is 12.5 Å². The molecule has 0 nitrogen and oxygen atoms in total. The summed E-state index contributed by atoms with van der Waals surface area (Å²) in [5.74, 6) is -2.76. The van der Waals surface area contributed by atoms with Gasteiger partial charge in [0.25, 0.3) is 5.92 Å². The van der Waals surface area contributed by atoms with Crippen molar-refractivity contribution < 1.29 is 8.78 Å². The summed E-state index contributed by atoms with van der Waals surface area (Å²) in [6.45, 7) is 4.39. The predicted octanol–water partition coefficient (Wildman–Crippen LogP) is 3.44. The van der Waals surface area contributed by atoms with Crippen LogP contribution >= 0.6 is 0 Å². The fraction of sp³-hybridized carbons (Fsp3) is 0.200. The number of rotatable bonds is 2. The third kappa shape index (κ3) is 1.91. The Morgan fingerprint density at radius 2 is 2.08 bits per heavy atom. The van der Waals surface area contributed by atoms with Crippen LogP contribution in [0.2, 0.25) is 0 Å². The first-order valence-corrected chi connectivity index (χ1v) is 3.65. The third-order valence-electron chi connectivity index (χ3n) is 1.63. The van der Waals surface area contributed by atoms with E-state index >= 15 is 0 Å². The lowest BCUT2D eigenvalue weighted by molar-refractivity contribution is 0.0174. The van der Waals surface area contributed by atoms with Crippen LogP contribution in [0.4, 0.5) is 8.78 Å². The third-order valence-corrected chi connectivity index (χ3v) is 1.63. The van der Waals surface area contributed by atoms with Gasteiger partial charge in [-0.05, 0) is 11.6 Å². The van der Waals surface area contributed by atoms with Crippen molar-refractivity contribution in [3.05, 3.63) is 42.0 Å². The summed E-state index contributed by atoms with van der Waals surface area (Å²) in [5, 5.41) is 0. The highest BCUT2D eigenvalue weighted by Crippen LogP contribution is 2.27. The van der Waals surface area contributed by atoms with Gasteiger partial charge in [0.15, 0.2) is 0 Å². The molecule has 0 amide bonds.